The zero-order valence-corrected chi connectivity index (χ0v) is 9.28. The second-order valence-corrected chi connectivity index (χ2v) is 4.38. The van der Waals surface area contributed by atoms with Gasteiger partial charge >= 0.3 is 5.97 Å². The highest BCUT2D eigenvalue weighted by atomic mass is 32.1. The van der Waals surface area contributed by atoms with Crippen LogP contribution in [0.15, 0.2) is 30.7 Å². The molecule has 0 saturated carbocycles. The van der Waals surface area contributed by atoms with E-state index in [9.17, 15) is 4.79 Å². The summed E-state index contributed by atoms with van der Waals surface area (Å²) in [5.74, 6) is -0.781. The molecule has 2 aromatic rings. The Morgan fingerprint density at radius 2 is 2.31 bits per heavy atom. The Morgan fingerprint density at radius 1 is 1.44 bits per heavy atom. The summed E-state index contributed by atoms with van der Waals surface area (Å²) in [7, 11) is 0. The molecule has 0 spiro atoms. The molecule has 2 aromatic heterocycles. The molecule has 82 valence electrons. The van der Waals surface area contributed by atoms with Crippen molar-refractivity contribution in [2.45, 2.75) is 12.8 Å². The smallest absolute Gasteiger partial charge is 0.303 e. The quantitative estimate of drug-likeness (QED) is 0.881. The molecule has 0 bridgehead atoms. The van der Waals surface area contributed by atoms with Gasteiger partial charge in [-0.3, -0.25) is 9.78 Å². The fourth-order valence-electron chi connectivity index (χ4n) is 1.28. The van der Waals surface area contributed by atoms with Crippen molar-refractivity contribution in [2.24, 2.45) is 0 Å². The van der Waals surface area contributed by atoms with Gasteiger partial charge < -0.3 is 5.11 Å². The summed E-state index contributed by atoms with van der Waals surface area (Å²) in [4.78, 5) is 19.7. The number of rotatable bonds is 4. The number of carboxylic acids is 1. The van der Waals surface area contributed by atoms with E-state index in [-0.39, 0.29) is 6.42 Å². The first-order valence-corrected chi connectivity index (χ1v) is 5.64. The van der Waals surface area contributed by atoms with Crippen LogP contribution in [0, 0.1) is 0 Å². The number of pyridine rings is 1. The highest BCUT2D eigenvalue weighted by Crippen LogP contribution is 2.24. The first-order chi connectivity index (χ1) is 7.75. The fraction of sp³-hybridized carbons (Fsp3) is 0.182. The summed E-state index contributed by atoms with van der Waals surface area (Å²) >= 11 is 1.51. The number of thiazole rings is 1. The number of aliphatic carboxylic acids is 1. The van der Waals surface area contributed by atoms with E-state index in [4.69, 9.17) is 5.11 Å². The van der Waals surface area contributed by atoms with Crippen LogP contribution in [-0.2, 0) is 11.2 Å². The first kappa shape index (κ1) is 10.8. The average Bonchev–Trinajstić information content (AvgIpc) is 2.76. The lowest BCUT2D eigenvalue weighted by Crippen LogP contribution is -1.95. The molecule has 0 aliphatic carbocycles. The van der Waals surface area contributed by atoms with E-state index < -0.39 is 5.97 Å². The minimum Gasteiger partial charge on any atom is -0.481 e. The topological polar surface area (TPSA) is 63.1 Å². The molecule has 0 unspecified atom stereocenters. The van der Waals surface area contributed by atoms with Crippen LogP contribution in [-0.4, -0.2) is 21.0 Å². The average molecular weight is 234 g/mol. The predicted molar refractivity (Wildman–Crippen MR) is 61.3 cm³/mol. The van der Waals surface area contributed by atoms with E-state index in [1.54, 1.807) is 18.6 Å². The van der Waals surface area contributed by atoms with Gasteiger partial charge in [0.15, 0.2) is 0 Å². The van der Waals surface area contributed by atoms with Gasteiger partial charge in [0, 0.05) is 29.0 Å². The van der Waals surface area contributed by atoms with Gasteiger partial charge in [0.25, 0.3) is 0 Å². The van der Waals surface area contributed by atoms with Gasteiger partial charge in [-0.05, 0) is 18.6 Å². The second kappa shape index (κ2) is 4.85. The largest absolute Gasteiger partial charge is 0.481 e. The van der Waals surface area contributed by atoms with Gasteiger partial charge in [-0.15, -0.1) is 11.3 Å². The van der Waals surface area contributed by atoms with Gasteiger partial charge in [-0.1, -0.05) is 0 Å². The minimum atomic E-state index is -0.781. The van der Waals surface area contributed by atoms with Crippen LogP contribution in [0.2, 0.25) is 0 Å². The van der Waals surface area contributed by atoms with Crippen molar-refractivity contribution in [2.75, 3.05) is 0 Å². The zero-order chi connectivity index (χ0) is 11.4. The molecule has 2 heterocycles. The summed E-state index contributed by atoms with van der Waals surface area (Å²) in [5, 5.41) is 9.46. The monoisotopic (exact) mass is 234 g/mol. The Balaban J connectivity index is 2.11. The number of hydrogen-bond donors (Lipinski definition) is 1. The molecule has 0 radical (unpaired) electrons. The summed E-state index contributed by atoms with van der Waals surface area (Å²) in [6.45, 7) is 0. The molecule has 0 atom stereocenters. The number of aryl methyl sites for hydroxylation is 1. The molecular formula is C11H10N2O2S. The molecule has 2 rings (SSSR count). The van der Waals surface area contributed by atoms with E-state index >= 15 is 0 Å². The van der Waals surface area contributed by atoms with Crippen LogP contribution in [0.1, 0.15) is 11.3 Å². The van der Waals surface area contributed by atoms with Gasteiger partial charge in [-0.25, -0.2) is 4.98 Å². The molecule has 0 amide bonds. The molecule has 0 fully saturated rings. The van der Waals surface area contributed by atoms with Crippen molar-refractivity contribution >= 4 is 17.3 Å². The third kappa shape index (κ3) is 2.64. The number of nitrogens with zero attached hydrogens (tertiary/aromatic N) is 2. The molecule has 0 saturated heterocycles. The first-order valence-electron chi connectivity index (χ1n) is 4.82. The van der Waals surface area contributed by atoms with Crippen molar-refractivity contribution in [1.82, 2.24) is 9.97 Å². The Bertz CT molecular complexity index is 482. The van der Waals surface area contributed by atoms with Crippen molar-refractivity contribution < 1.29 is 9.90 Å². The number of aromatic nitrogens is 2. The number of hydrogen-bond acceptors (Lipinski definition) is 4. The standard InChI is InChI=1S/C11H10N2O2S/c14-10(15)4-3-9-7-13-11(16-9)8-2-1-5-12-6-8/h1-2,5-7H,3-4H2,(H,14,15). The highest BCUT2D eigenvalue weighted by molar-refractivity contribution is 7.15. The molecule has 16 heavy (non-hydrogen) atoms. The third-order valence-electron chi connectivity index (χ3n) is 2.05. The maximum atomic E-state index is 10.4. The Labute approximate surface area is 96.6 Å². The van der Waals surface area contributed by atoms with E-state index in [1.807, 2.05) is 12.1 Å². The molecular weight excluding hydrogens is 224 g/mol. The number of carboxylic acid groups (broad SMARTS) is 1. The molecule has 5 heteroatoms. The summed E-state index contributed by atoms with van der Waals surface area (Å²) in [6, 6.07) is 3.79. The minimum absolute atomic E-state index is 0.147. The van der Waals surface area contributed by atoms with Crippen molar-refractivity contribution in [3.63, 3.8) is 0 Å². The molecule has 1 N–H and O–H groups in total. The Morgan fingerprint density at radius 3 is 3.00 bits per heavy atom. The second-order valence-electron chi connectivity index (χ2n) is 3.27. The normalized spacial score (nSPS) is 10.2. The van der Waals surface area contributed by atoms with Crippen molar-refractivity contribution in [1.29, 1.82) is 0 Å². The molecule has 4 nitrogen and oxygen atoms in total. The third-order valence-corrected chi connectivity index (χ3v) is 3.15. The lowest BCUT2D eigenvalue weighted by molar-refractivity contribution is -0.136. The van der Waals surface area contributed by atoms with Gasteiger partial charge in [0.2, 0.25) is 0 Å². The predicted octanol–water partition coefficient (Wildman–Crippen LogP) is 2.22. The summed E-state index contributed by atoms with van der Waals surface area (Å²) in [5.41, 5.74) is 0.967. The van der Waals surface area contributed by atoms with E-state index in [2.05, 4.69) is 9.97 Å². The van der Waals surface area contributed by atoms with Crippen LogP contribution < -0.4 is 0 Å². The van der Waals surface area contributed by atoms with Crippen molar-refractivity contribution in [3.05, 3.63) is 35.6 Å². The molecule has 0 aliphatic rings. The van der Waals surface area contributed by atoms with Crippen LogP contribution >= 0.6 is 11.3 Å². The van der Waals surface area contributed by atoms with Crippen LogP contribution in [0.5, 0.6) is 0 Å². The maximum Gasteiger partial charge on any atom is 0.303 e. The zero-order valence-electron chi connectivity index (χ0n) is 8.46. The van der Waals surface area contributed by atoms with E-state index in [1.165, 1.54) is 11.3 Å². The molecule has 0 aliphatic heterocycles. The maximum absolute atomic E-state index is 10.4. The van der Waals surface area contributed by atoms with Gasteiger partial charge in [0.1, 0.15) is 5.01 Å². The van der Waals surface area contributed by atoms with Crippen molar-refractivity contribution in [3.8, 4) is 10.6 Å². The fourth-order valence-corrected chi connectivity index (χ4v) is 2.18. The van der Waals surface area contributed by atoms with Crippen LogP contribution in [0.25, 0.3) is 10.6 Å². The lowest BCUT2D eigenvalue weighted by atomic mass is 10.3. The highest BCUT2D eigenvalue weighted by Gasteiger charge is 2.06. The Kier molecular flexibility index (Phi) is 3.26. The SMILES string of the molecule is O=C(O)CCc1cnc(-c2cccnc2)s1. The van der Waals surface area contributed by atoms with E-state index in [0.29, 0.717) is 6.42 Å². The Hall–Kier alpha value is -1.75. The summed E-state index contributed by atoms with van der Waals surface area (Å²) < 4.78 is 0. The lowest BCUT2D eigenvalue weighted by Gasteiger charge is -1.93. The van der Waals surface area contributed by atoms with E-state index in [0.717, 1.165) is 15.4 Å². The van der Waals surface area contributed by atoms with Gasteiger partial charge in [-0.2, -0.15) is 0 Å². The van der Waals surface area contributed by atoms with Crippen LogP contribution in [0.4, 0.5) is 0 Å². The summed E-state index contributed by atoms with van der Waals surface area (Å²) in [6.07, 6.45) is 5.88. The number of carbonyl (C=O) groups is 1. The van der Waals surface area contributed by atoms with Crippen LogP contribution in [0.3, 0.4) is 0 Å². The van der Waals surface area contributed by atoms with Gasteiger partial charge in [0.05, 0.1) is 6.42 Å². The molecule has 0 aromatic carbocycles.